The van der Waals surface area contributed by atoms with Gasteiger partial charge in [-0.15, -0.1) is 0 Å². The van der Waals surface area contributed by atoms with Crippen LogP contribution in [0.25, 0.3) is 0 Å². The summed E-state index contributed by atoms with van der Waals surface area (Å²) >= 11 is 0. The van der Waals surface area contributed by atoms with Crippen molar-refractivity contribution in [3.8, 4) is 0 Å². The quantitative estimate of drug-likeness (QED) is 0.894. The number of aliphatic hydroxyl groups excluding tert-OH is 1. The van der Waals surface area contributed by atoms with Crippen molar-refractivity contribution in [2.24, 2.45) is 4.99 Å². The van der Waals surface area contributed by atoms with Gasteiger partial charge in [0.25, 0.3) is 10.0 Å². The van der Waals surface area contributed by atoms with Gasteiger partial charge in [0.1, 0.15) is 17.6 Å². The molecule has 2 aromatic rings. The summed E-state index contributed by atoms with van der Waals surface area (Å²) in [6.07, 6.45) is 1.87. The van der Waals surface area contributed by atoms with Crippen LogP contribution in [0, 0.1) is 0 Å². The van der Waals surface area contributed by atoms with Crippen LogP contribution in [0.5, 0.6) is 0 Å². The second-order valence-corrected chi connectivity index (χ2v) is 6.27. The van der Waals surface area contributed by atoms with E-state index in [4.69, 9.17) is 9.52 Å². The van der Waals surface area contributed by atoms with Gasteiger partial charge in [-0.05, 0) is 24.3 Å². The maximum Gasteiger partial charge on any atom is 0.263 e. The zero-order chi connectivity index (χ0) is 14.9. The van der Waals surface area contributed by atoms with E-state index in [1.165, 1.54) is 12.3 Å². The number of hydrogen-bond donors (Lipinski definition) is 2. The third-order valence-electron chi connectivity index (χ3n) is 3.22. The molecule has 1 aromatic heterocycles. The minimum Gasteiger partial charge on any atom is -0.467 e. The number of nitrogens with zero attached hydrogens (tertiary/aromatic N) is 1. The van der Waals surface area contributed by atoms with E-state index in [1.807, 2.05) is 0 Å². The van der Waals surface area contributed by atoms with Gasteiger partial charge in [-0.25, -0.2) is 8.42 Å². The molecule has 6 nitrogen and oxygen atoms in total. The molecule has 110 valence electrons. The van der Waals surface area contributed by atoms with E-state index in [9.17, 15) is 8.42 Å². The van der Waals surface area contributed by atoms with Crippen molar-refractivity contribution in [2.45, 2.75) is 17.4 Å². The van der Waals surface area contributed by atoms with E-state index >= 15 is 0 Å². The number of hydrogen-bond acceptors (Lipinski definition) is 5. The first-order valence-corrected chi connectivity index (χ1v) is 7.94. The maximum atomic E-state index is 12.0. The van der Waals surface area contributed by atoms with E-state index in [2.05, 4.69) is 9.71 Å². The Bertz CT molecular complexity index is 766. The summed E-state index contributed by atoms with van der Waals surface area (Å²) in [6.45, 7) is -0.0729. The molecule has 1 unspecified atom stereocenters. The van der Waals surface area contributed by atoms with Crippen LogP contribution in [-0.2, 0) is 10.0 Å². The van der Waals surface area contributed by atoms with Crippen molar-refractivity contribution in [2.75, 3.05) is 6.61 Å². The molecule has 0 amide bonds. The summed E-state index contributed by atoms with van der Waals surface area (Å²) in [4.78, 5) is 4.63. The summed E-state index contributed by atoms with van der Waals surface area (Å²) in [5.41, 5.74) is 0.534. The molecule has 0 saturated heterocycles. The van der Waals surface area contributed by atoms with Crippen LogP contribution in [0.4, 0.5) is 0 Å². The number of aliphatic imine (C=N–C) groups is 1. The highest BCUT2D eigenvalue weighted by Gasteiger charge is 2.31. The summed E-state index contributed by atoms with van der Waals surface area (Å²) in [6, 6.07) is 9.70. The van der Waals surface area contributed by atoms with E-state index in [0.717, 1.165) is 0 Å². The molecule has 21 heavy (non-hydrogen) atoms. The van der Waals surface area contributed by atoms with E-state index in [0.29, 0.717) is 17.7 Å². The summed E-state index contributed by atoms with van der Waals surface area (Å²) in [5, 5.41) is 9.16. The lowest BCUT2D eigenvalue weighted by molar-refractivity contribution is 0.269. The number of fused-ring (bicyclic) bond motifs is 1. The van der Waals surface area contributed by atoms with E-state index in [1.54, 1.807) is 30.3 Å². The Balaban J connectivity index is 2.04. The van der Waals surface area contributed by atoms with E-state index < -0.39 is 16.1 Å². The van der Waals surface area contributed by atoms with Crippen LogP contribution in [0.15, 0.2) is 57.0 Å². The molecule has 1 aliphatic rings. The predicted octanol–water partition coefficient (Wildman–Crippen LogP) is 1.44. The number of aliphatic hydroxyl groups is 1. The molecule has 3 rings (SSSR count). The van der Waals surface area contributed by atoms with Gasteiger partial charge in [-0.1, -0.05) is 12.1 Å². The van der Waals surface area contributed by atoms with Crippen molar-refractivity contribution in [3.05, 3.63) is 54.0 Å². The lowest BCUT2D eigenvalue weighted by Gasteiger charge is -2.09. The Hall–Kier alpha value is -2.12. The van der Waals surface area contributed by atoms with Crippen molar-refractivity contribution in [1.82, 2.24) is 4.72 Å². The normalized spacial score (nSPS) is 19.2. The highest BCUT2D eigenvalue weighted by molar-refractivity contribution is 7.90. The number of furan rings is 1. The number of nitrogens with one attached hydrogen (secondary N) is 1. The minimum absolute atomic E-state index is 0.0729. The molecule has 1 atom stereocenters. The third kappa shape index (κ3) is 2.57. The summed E-state index contributed by atoms with van der Waals surface area (Å²) < 4.78 is 31.8. The molecule has 1 aliphatic heterocycles. The molecule has 0 spiro atoms. The van der Waals surface area contributed by atoms with Gasteiger partial charge in [0, 0.05) is 18.6 Å². The highest BCUT2D eigenvalue weighted by Crippen LogP contribution is 2.27. The van der Waals surface area contributed by atoms with Crippen molar-refractivity contribution < 1.29 is 17.9 Å². The molecule has 1 aromatic carbocycles. The van der Waals surface area contributed by atoms with Crippen molar-refractivity contribution in [1.29, 1.82) is 0 Å². The molecule has 0 fully saturated rings. The van der Waals surface area contributed by atoms with Crippen molar-refractivity contribution >= 4 is 15.9 Å². The predicted molar refractivity (Wildman–Crippen MR) is 76.5 cm³/mol. The van der Waals surface area contributed by atoms with Crippen LogP contribution >= 0.6 is 0 Å². The van der Waals surface area contributed by atoms with Gasteiger partial charge >= 0.3 is 0 Å². The number of benzene rings is 1. The molecular formula is C14H14N2O4S. The Morgan fingerprint density at radius 3 is 2.76 bits per heavy atom. The van der Waals surface area contributed by atoms with Gasteiger partial charge in [-0.3, -0.25) is 9.71 Å². The number of sulfonamides is 1. The summed E-state index contributed by atoms with van der Waals surface area (Å²) in [7, 11) is -3.56. The van der Waals surface area contributed by atoms with Crippen LogP contribution in [0.1, 0.15) is 23.8 Å². The van der Waals surface area contributed by atoms with Crippen LogP contribution in [0.2, 0.25) is 0 Å². The zero-order valence-electron chi connectivity index (χ0n) is 11.1. The third-order valence-corrected chi connectivity index (χ3v) is 4.62. The SMILES string of the molecule is O=S1(=O)NC(=NC(CCO)c2ccco2)c2ccccc21. The zero-order valence-corrected chi connectivity index (χ0v) is 11.9. The standard InChI is InChI=1S/C14H14N2O4S/c17-8-7-11(12-5-3-9-20-12)15-14-10-4-1-2-6-13(10)21(18,19)16-14/h1-6,9,11,17H,7-8H2,(H,15,16). The van der Waals surface area contributed by atoms with Crippen molar-refractivity contribution in [3.63, 3.8) is 0 Å². The topological polar surface area (TPSA) is 91.9 Å². The van der Waals surface area contributed by atoms with Crippen LogP contribution in [-0.4, -0.2) is 26.0 Å². The average Bonchev–Trinajstić information content (AvgIpc) is 3.07. The Labute approximate surface area is 122 Å². The first kappa shape index (κ1) is 13.8. The Morgan fingerprint density at radius 2 is 2.05 bits per heavy atom. The molecule has 0 radical (unpaired) electrons. The number of amidine groups is 1. The molecule has 0 bridgehead atoms. The van der Waals surface area contributed by atoms with E-state index in [-0.39, 0.29) is 17.3 Å². The first-order chi connectivity index (χ1) is 10.1. The smallest absolute Gasteiger partial charge is 0.263 e. The van der Waals surface area contributed by atoms with Crippen LogP contribution < -0.4 is 4.72 Å². The summed E-state index contributed by atoms with van der Waals surface area (Å²) in [5.74, 6) is 0.862. The fourth-order valence-electron chi connectivity index (χ4n) is 2.26. The fraction of sp³-hybridized carbons (Fsp3) is 0.214. The van der Waals surface area contributed by atoms with Gasteiger partial charge in [-0.2, -0.15) is 0 Å². The monoisotopic (exact) mass is 306 g/mol. The molecule has 2 N–H and O–H groups in total. The van der Waals surface area contributed by atoms with Crippen LogP contribution in [0.3, 0.4) is 0 Å². The number of rotatable bonds is 4. The van der Waals surface area contributed by atoms with Gasteiger partial charge in [0.2, 0.25) is 0 Å². The molecular weight excluding hydrogens is 292 g/mol. The second kappa shape index (κ2) is 5.34. The minimum atomic E-state index is -3.56. The van der Waals surface area contributed by atoms with Gasteiger partial charge in [0.15, 0.2) is 0 Å². The maximum absolute atomic E-state index is 12.0. The highest BCUT2D eigenvalue weighted by atomic mass is 32.2. The Morgan fingerprint density at radius 1 is 1.24 bits per heavy atom. The Kier molecular flexibility index (Phi) is 3.52. The van der Waals surface area contributed by atoms with Gasteiger partial charge < -0.3 is 9.52 Å². The second-order valence-electron chi connectivity index (χ2n) is 4.62. The lowest BCUT2D eigenvalue weighted by Crippen LogP contribution is -2.23. The molecule has 0 saturated carbocycles. The first-order valence-electron chi connectivity index (χ1n) is 6.46. The lowest BCUT2D eigenvalue weighted by atomic mass is 10.1. The molecule has 2 heterocycles. The fourth-order valence-corrected chi connectivity index (χ4v) is 3.50. The van der Waals surface area contributed by atoms with Gasteiger partial charge in [0.05, 0.1) is 11.2 Å². The molecule has 7 heteroatoms. The molecule has 0 aliphatic carbocycles. The average molecular weight is 306 g/mol. The largest absolute Gasteiger partial charge is 0.467 e.